The number of H-pyrrole nitrogens is 2. The van der Waals surface area contributed by atoms with E-state index in [1.54, 1.807) is 6.33 Å². The van der Waals surface area contributed by atoms with Gasteiger partial charge in [-0.15, -0.1) is 0 Å². The molecule has 9 heteroatoms. The number of hydrogen-bond donors (Lipinski definition) is 3. The van der Waals surface area contributed by atoms with Gasteiger partial charge in [0.1, 0.15) is 17.8 Å². The molecule has 3 N–H and O–H groups in total. The quantitative estimate of drug-likeness (QED) is 0.647. The molecule has 1 saturated heterocycles. The summed E-state index contributed by atoms with van der Waals surface area (Å²) in [4.78, 5) is 28.7. The van der Waals surface area contributed by atoms with Crippen molar-refractivity contribution in [1.82, 2.24) is 30.0 Å². The summed E-state index contributed by atoms with van der Waals surface area (Å²) in [6.45, 7) is 3.51. The van der Waals surface area contributed by atoms with Gasteiger partial charge in [0.25, 0.3) is 0 Å². The number of carbonyl (C=O) groups is 1. The Hall–Kier alpha value is -3.10. The average molecular weight is 380 g/mol. The minimum absolute atomic E-state index is 0.0596. The minimum Gasteiger partial charge on any atom is -0.356 e. The highest BCUT2D eigenvalue weighted by Gasteiger charge is 2.44. The van der Waals surface area contributed by atoms with Gasteiger partial charge >= 0.3 is 6.03 Å². The molecule has 5 rings (SSSR count). The molecule has 3 aromatic rings. The van der Waals surface area contributed by atoms with Gasteiger partial charge < -0.3 is 14.8 Å². The Morgan fingerprint density at radius 1 is 1.29 bits per heavy atom. The summed E-state index contributed by atoms with van der Waals surface area (Å²) in [6.07, 6.45) is 5.66. The number of hydrogen-bond acceptors (Lipinski definition) is 5. The van der Waals surface area contributed by atoms with Crippen molar-refractivity contribution in [3.63, 3.8) is 0 Å². The molecule has 2 aliphatic rings. The van der Waals surface area contributed by atoms with Crippen molar-refractivity contribution < 1.29 is 4.79 Å². The average Bonchev–Trinajstić information content (AvgIpc) is 3.43. The largest absolute Gasteiger partial charge is 0.356 e. The van der Waals surface area contributed by atoms with Gasteiger partial charge in [0.2, 0.25) is 0 Å². The van der Waals surface area contributed by atoms with Crippen molar-refractivity contribution in [2.45, 2.75) is 25.8 Å². The van der Waals surface area contributed by atoms with E-state index in [9.17, 15) is 4.79 Å². The van der Waals surface area contributed by atoms with Crippen LogP contribution >= 0.6 is 0 Å². The molecule has 28 heavy (non-hydrogen) atoms. The predicted octanol–water partition coefficient (Wildman–Crippen LogP) is 2.37. The van der Waals surface area contributed by atoms with Crippen LogP contribution in [0.5, 0.6) is 0 Å². The Balaban J connectivity index is 1.23. The third kappa shape index (κ3) is 2.87. The molecular formula is C19H24N8O. The van der Waals surface area contributed by atoms with Crippen LogP contribution in [0.1, 0.15) is 18.5 Å². The zero-order valence-electron chi connectivity index (χ0n) is 16.0. The van der Waals surface area contributed by atoms with Crippen LogP contribution in [0, 0.1) is 18.8 Å². The first-order valence-electron chi connectivity index (χ1n) is 9.67. The van der Waals surface area contributed by atoms with Gasteiger partial charge in [-0.2, -0.15) is 5.10 Å². The van der Waals surface area contributed by atoms with E-state index >= 15 is 0 Å². The van der Waals surface area contributed by atoms with E-state index in [4.69, 9.17) is 0 Å². The van der Waals surface area contributed by atoms with Crippen molar-refractivity contribution in [3.8, 4) is 0 Å². The topological polar surface area (TPSA) is 106 Å². The third-order valence-corrected chi connectivity index (χ3v) is 6.17. The number of likely N-dealkylation sites (tertiary alicyclic amines) is 1. The Morgan fingerprint density at radius 3 is 2.79 bits per heavy atom. The molecule has 2 fully saturated rings. The lowest BCUT2D eigenvalue weighted by Gasteiger charge is -2.28. The first-order valence-corrected chi connectivity index (χ1v) is 9.67. The molecule has 0 bridgehead atoms. The highest BCUT2D eigenvalue weighted by atomic mass is 16.2. The maximum absolute atomic E-state index is 12.5. The van der Waals surface area contributed by atoms with Gasteiger partial charge in [-0.25, -0.2) is 14.8 Å². The van der Waals surface area contributed by atoms with Crippen LogP contribution in [0.15, 0.2) is 24.7 Å². The lowest BCUT2D eigenvalue weighted by Crippen LogP contribution is -2.36. The second kappa shape index (κ2) is 6.50. The molecule has 146 valence electrons. The highest BCUT2D eigenvalue weighted by molar-refractivity contribution is 5.89. The van der Waals surface area contributed by atoms with Crippen molar-refractivity contribution in [2.24, 2.45) is 11.8 Å². The van der Waals surface area contributed by atoms with E-state index < -0.39 is 0 Å². The summed E-state index contributed by atoms with van der Waals surface area (Å²) in [6, 6.07) is 4.24. The van der Waals surface area contributed by atoms with Crippen LogP contribution in [0.25, 0.3) is 11.0 Å². The molecule has 1 unspecified atom stereocenters. The molecular weight excluding hydrogens is 356 g/mol. The van der Waals surface area contributed by atoms with E-state index in [-0.39, 0.29) is 6.03 Å². The number of carbonyl (C=O) groups excluding carboxylic acids is 1. The number of nitrogens with one attached hydrogen (secondary N) is 3. The number of fused-ring (bicyclic) bond motifs is 2. The molecule has 0 radical (unpaired) electrons. The van der Waals surface area contributed by atoms with Crippen LogP contribution in [0.4, 0.5) is 16.4 Å². The Morgan fingerprint density at radius 2 is 2.07 bits per heavy atom. The fourth-order valence-corrected chi connectivity index (χ4v) is 4.73. The van der Waals surface area contributed by atoms with Crippen LogP contribution < -0.4 is 10.2 Å². The maximum atomic E-state index is 12.5. The van der Waals surface area contributed by atoms with Gasteiger partial charge in [-0.1, -0.05) is 0 Å². The fourth-order valence-electron chi connectivity index (χ4n) is 4.73. The van der Waals surface area contributed by atoms with Gasteiger partial charge in [0, 0.05) is 44.1 Å². The standard InChI is InChI=1S/C19H24N8O/c1-11-5-16(25-24-11)23-19(28)27-8-12-6-14(7-13(12)9-27)26(2)18-15-3-4-20-17(15)21-10-22-18/h3-5,10,12-14H,6-9H2,1-2H3,(H,20,21,22)(H2,23,24,25,28)/t12-,13+,14?. The molecule has 3 aromatic heterocycles. The minimum atomic E-state index is -0.0596. The first-order chi connectivity index (χ1) is 13.6. The number of rotatable bonds is 3. The predicted molar refractivity (Wildman–Crippen MR) is 106 cm³/mol. The van der Waals surface area contributed by atoms with Gasteiger partial charge in [-0.05, 0) is 37.7 Å². The van der Waals surface area contributed by atoms with Crippen molar-refractivity contribution in [2.75, 3.05) is 30.4 Å². The smallest absolute Gasteiger partial charge is 0.323 e. The lowest BCUT2D eigenvalue weighted by molar-refractivity contribution is 0.218. The SMILES string of the molecule is Cc1cc(NC(=O)N2C[C@H]3CC(N(C)c4ncnc5[nH]ccc45)C[C@H]3C2)n[nH]1. The van der Waals surface area contributed by atoms with E-state index in [0.29, 0.717) is 23.7 Å². The first kappa shape index (κ1) is 17.0. The number of aromatic nitrogens is 5. The Bertz CT molecular complexity index is 996. The summed E-state index contributed by atoms with van der Waals surface area (Å²) >= 11 is 0. The second-order valence-electron chi connectivity index (χ2n) is 7.96. The fraction of sp³-hybridized carbons (Fsp3) is 0.474. The zero-order valence-corrected chi connectivity index (χ0v) is 16.0. The summed E-state index contributed by atoms with van der Waals surface area (Å²) < 4.78 is 0. The molecule has 1 aliphatic heterocycles. The number of aryl methyl sites for hydroxylation is 1. The van der Waals surface area contributed by atoms with Crippen LogP contribution in [0.3, 0.4) is 0 Å². The summed E-state index contributed by atoms with van der Waals surface area (Å²) in [5.41, 5.74) is 1.80. The molecule has 3 atom stereocenters. The van der Waals surface area contributed by atoms with Gasteiger partial charge in [0.05, 0.1) is 5.39 Å². The molecule has 4 heterocycles. The van der Waals surface area contributed by atoms with E-state index in [2.05, 4.69) is 42.4 Å². The third-order valence-electron chi connectivity index (χ3n) is 6.17. The summed E-state index contributed by atoms with van der Waals surface area (Å²) in [7, 11) is 2.12. The van der Waals surface area contributed by atoms with Crippen LogP contribution in [0.2, 0.25) is 0 Å². The Labute approximate surface area is 162 Å². The van der Waals surface area contributed by atoms with E-state index in [0.717, 1.165) is 48.5 Å². The number of amides is 2. The van der Waals surface area contributed by atoms with E-state index in [1.807, 2.05) is 30.2 Å². The monoisotopic (exact) mass is 380 g/mol. The van der Waals surface area contributed by atoms with Crippen molar-refractivity contribution >= 4 is 28.7 Å². The zero-order chi connectivity index (χ0) is 19.3. The molecule has 2 amide bonds. The second-order valence-corrected chi connectivity index (χ2v) is 7.96. The van der Waals surface area contributed by atoms with Crippen molar-refractivity contribution in [3.05, 3.63) is 30.4 Å². The molecule has 1 saturated carbocycles. The highest BCUT2D eigenvalue weighted by Crippen LogP contribution is 2.41. The molecule has 1 aliphatic carbocycles. The number of nitrogens with zero attached hydrogens (tertiary/aromatic N) is 5. The normalized spacial score (nSPS) is 23.9. The molecule has 0 aromatic carbocycles. The number of aromatic amines is 2. The van der Waals surface area contributed by atoms with Gasteiger partial charge in [0.15, 0.2) is 5.82 Å². The summed E-state index contributed by atoms with van der Waals surface area (Å²) in [5, 5.41) is 10.9. The van der Waals surface area contributed by atoms with E-state index in [1.165, 1.54) is 0 Å². The van der Waals surface area contributed by atoms with Crippen molar-refractivity contribution in [1.29, 1.82) is 0 Å². The lowest BCUT2D eigenvalue weighted by atomic mass is 10.0. The van der Waals surface area contributed by atoms with Gasteiger partial charge in [-0.3, -0.25) is 10.4 Å². The van der Waals surface area contributed by atoms with Crippen LogP contribution in [-0.2, 0) is 0 Å². The Kier molecular flexibility index (Phi) is 3.96. The summed E-state index contributed by atoms with van der Waals surface area (Å²) in [5.74, 6) is 2.61. The number of anilines is 2. The molecule has 0 spiro atoms. The van der Waals surface area contributed by atoms with Crippen LogP contribution in [-0.4, -0.2) is 62.3 Å². The number of urea groups is 1. The maximum Gasteiger partial charge on any atom is 0.323 e. The molecule has 9 nitrogen and oxygen atoms in total.